The lowest BCUT2D eigenvalue weighted by Gasteiger charge is -2.48. The summed E-state index contributed by atoms with van der Waals surface area (Å²) in [5.41, 5.74) is 0.558. The first-order chi connectivity index (χ1) is 12.0. The average Bonchev–Trinajstić information content (AvgIpc) is 3.22. The monoisotopic (exact) mass is 362 g/mol. The fraction of sp³-hybridized carbons (Fsp3) is 0.750. The summed E-state index contributed by atoms with van der Waals surface area (Å²) in [6.45, 7) is 3.49. The summed E-state index contributed by atoms with van der Waals surface area (Å²) in [5.74, 6) is 0.823. The fourth-order valence-corrected chi connectivity index (χ4v) is 6.05. The van der Waals surface area contributed by atoms with Crippen molar-refractivity contribution < 1.29 is 9.53 Å². The van der Waals surface area contributed by atoms with E-state index in [1.54, 1.807) is 0 Å². The van der Waals surface area contributed by atoms with Gasteiger partial charge in [-0.05, 0) is 63.1 Å². The minimum Gasteiger partial charge on any atom is -0.381 e. The third-order valence-electron chi connectivity index (χ3n) is 6.94. The van der Waals surface area contributed by atoms with Gasteiger partial charge in [0.15, 0.2) is 0 Å². The molecule has 1 spiro atoms. The van der Waals surface area contributed by atoms with Crippen LogP contribution >= 0.6 is 11.3 Å². The third kappa shape index (κ3) is 3.15. The highest BCUT2D eigenvalue weighted by molar-refractivity contribution is 7.10. The second kappa shape index (κ2) is 6.67. The number of hydrogen-bond acceptors (Lipinski definition) is 4. The SMILES string of the molecule is CN(C)C1(c2cccs2)CCC2(CCN(C(=O)CC3COC3)C2)CC1. The van der Waals surface area contributed by atoms with Crippen LogP contribution in [0.5, 0.6) is 0 Å². The minimum atomic E-state index is 0.195. The lowest BCUT2D eigenvalue weighted by atomic mass is 9.66. The minimum absolute atomic E-state index is 0.195. The van der Waals surface area contributed by atoms with E-state index in [-0.39, 0.29) is 5.54 Å². The predicted octanol–water partition coefficient (Wildman–Crippen LogP) is 3.33. The Labute approximate surface area is 155 Å². The Morgan fingerprint density at radius 2 is 2.04 bits per heavy atom. The quantitative estimate of drug-likeness (QED) is 0.824. The highest BCUT2D eigenvalue weighted by atomic mass is 32.1. The summed E-state index contributed by atoms with van der Waals surface area (Å²) >= 11 is 1.89. The van der Waals surface area contributed by atoms with E-state index in [1.165, 1.54) is 37.0 Å². The van der Waals surface area contributed by atoms with Crippen molar-refractivity contribution in [3.8, 4) is 0 Å². The summed E-state index contributed by atoms with van der Waals surface area (Å²) in [7, 11) is 4.45. The standard InChI is InChI=1S/C20H30N2O2S/c1-21(2)20(17-4-3-11-25-17)7-5-19(6-8-20)9-10-22(15-19)18(23)12-16-13-24-14-16/h3-4,11,16H,5-10,12-15H2,1-2H3. The molecule has 0 unspecified atom stereocenters. The number of carbonyl (C=O) groups is 1. The largest absolute Gasteiger partial charge is 0.381 e. The molecule has 1 saturated carbocycles. The molecular formula is C20H30N2O2S. The highest BCUT2D eigenvalue weighted by Crippen LogP contribution is 2.52. The van der Waals surface area contributed by atoms with Crippen molar-refractivity contribution in [1.82, 2.24) is 9.80 Å². The molecule has 4 nitrogen and oxygen atoms in total. The van der Waals surface area contributed by atoms with Crippen molar-refractivity contribution >= 4 is 17.2 Å². The number of rotatable bonds is 4. The summed E-state index contributed by atoms with van der Waals surface area (Å²) in [6, 6.07) is 4.48. The Kier molecular flexibility index (Phi) is 4.67. The third-order valence-corrected chi connectivity index (χ3v) is 8.00. The number of ether oxygens (including phenoxy) is 1. The van der Waals surface area contributed by atoms with Crippen LogP contribution in [-0.4, -0.2) is 56.1 Å². The first-order valence-electron chi connectivity index (χ1n) is 9.60. The van der Waals surface area contributed by atoms with Crippen LogP contribution in [0.15, 0.2) is 17.5 Å². The smallest absolute Gasteiger partial charge is 0.223 e. The molecule has 1 aliphatic carbocycles. The molecule has 1 amide bonds. The second-order valence-corrected chi connectivity index (χ2v) is 9.52. The number of thiophene rings is 1. The molecule has 1 aromatic rings. The van der Waals surface area contributed by atoms with Crippen LogP contribution in [0.4, 0.5) is 0 Å². The molecule has 1 aromatic heterocycles. The van der Waals surface area contributed by atoms with Gasteiger partial charge in [0.1, 0.15) is 0 Å². The Morgan fingerprint density at radius 1 is 1.28 bits per heavy atom. The van der Waals surface area contributed by atoms with Gasteiger partial charge in [0.2, 0.25) is 5.91 Å². The van der Waals surface area contributed by atoms with Crippen LogP contribution in [0.2, 0.25) is 0 Å². The molecule has 0 atom stereocenters. The summed E-state index contributed by atoms with van der Waals surface area (Å²) < 4.78 is 5.21. The molecule has 25 heavy (non-hydrogen) atoms. The van der Waals surface area contributed by atoms with E-state index in [2.05, 4.69) is 41.4 Å². The lowest BCUT2D eigenvalue weighted by molar-refractivity contribution is -0.136. The molecule has 3 fully saturated rings. The number of nitrogens with zero attached hydrogens (tertiary/aromatic N) is 2. The Bertz CT molecular complexity index is 601. The maximum atomic E-state index is 12.6. The number of carbonyl (C=O) groups excluding carboxylic acids is 1. The van der Waals surface area contributed by atoms with Gasteiger partial charge in [-0.25, -0.2) is 0 Å². The number of amides is 1. The normalized spacial score (nSPS) is 33.2. The highest BCUT2D eigenvalue weighted by Gasteiger charge is 2.48. The van der Waals surface area contributed by atoms with E-state index >= 15 is 0 Å². The summed E-state index contributed by atoms with van der Waals surface area (Å²) in [4.78, 5) is 18.6. The zero-order valence-corrected chi connectivity index (χ0v) is 16.3. The van der Waals surface area contributed by atoms with Crippen LogP contribution in [0.25, 0.3) is 0 Å². The van der Waals surface area contributed by atoms with E-state index < -0.39 is 0 Å². The molecule has 2 aliphatic heterocycles. The maximum absolute atomic E-state index is 12.6. The summed E-state index contributed by atoms with van der Waals surface area (Å²) in [5, 5.41) is 2.20. The Hall–Kier alpha value is -0.910. The second-order valence-electron chi connectivity index (χ2n) is 8.58. The molecule has 3 aliphatic rings. The molecule has 2 saturated heterocycles. The molecule has 4 rings (SSSR count). The number of likely N-dealkylation sites (tertiary alicyclic amines) is 1. The fourth-order valence-electron chi connectivity index (χ4n) is 4.99. The van der Waals surface area contributed by atoms with E-state index in [4.69, 9.17) is 4.74 Å². The van der Waals surface area contributed by atoms with E-state index in [0.717, 1.165) is 26.3 Å². The van der Waals surface area contributed by atoms with Crippen LogP contribution < -0.4 is 0 Å². The lowest BCUT2D eigenvalue weighted by Crippen LogP contribution is -2.47. The molecule has 0 radical (unpaired) electrons. The van der Waals surface area contributed by atoms with Gasteiger partial charge in [-0.1, -0.05) is 6.07 Å². The van der Waals surface area contributed by atoms with Gasteiger partial charge in [0.25, 0.3) is 0 Å². The molecule has 0 bridgehead atoms. The van der Waals surface area contributed by atoms with Crippen LogP contribution in [-0.2, 0) is 15.1 Å². The van der Waals surface area contributed by atoms with Gasteiger partial charge >= 0.3 is 0 Å². The van der Waals surface area contributed by atoms with Crippen molar-refractivity contribution in [2.75, 3.05) is 40.4 Å². The van der Waals surface area contributed by atoms with Gasteiger partial charge in [0, 0.05) is 30.3 Å². The molecule has 138 valence electrons. The van der Waals surface area contributed by atoms with Crippen LogP contribution in [0.3, 0.4) is 0 Å². The maximum Gasteiger partial charge on any atom is 0.223 e. The van der Waals surface area contributed by atoms with Gasteiger partial charge in [0.05, 0.1) is 18.8 Å². The van der Waals surface area contributed by atoms with Crippen LogP contribution in [0, 0.1) is 11.3 Å². The predicted molar refractivity (Wildman–Crippen MR) is 101 cm³/mol. The molecule has 0 N–H and O–H groups in total. The van der Waals surface area contributed by atoms with Crippen LogP contribution in [0.1, 0.15) is 43.4 Å². The van der Waals surface area contributed by atoms with E-state index in [9.17, 15) is 4.79 Å². The first kappa shape index (κ1) is 17.5. The number of hydrogen-bond donors (Lipinski definition) is 0. The molecule has 3 heterocycles. The van der Waals surface area contributed by atoms with E-state index in [0.29, 0.717) is 23.7 Å². The zero-order chi connectivity index (χ0) is 17.5. The van der Waals surface area contributed by atoms with E-state index in [1.807, 2.05) is 11.3 Å². The van der Waals surface area contributed by atoms with Gasteiger partial charge in [-0.2, -0.15) is 0 Å². The van der Waals surface area contributed by atoms with Gasteiger partial charge in [-0.15, -0.1) is 11.3 Å². The summed E-state index contributed by atoms with van der Waals surface area (Å²) in [6.07, 6.45) is 6.76. The topological polar surface area (TPSA) is 32.8 Å². The molecule has 5 heteroatoms. The Balaban J connectivity index is 1.40. The van der Waals surface area contributed by atoms with Gasteiger partial charge in [-0.3, -0.25) is 9.69 Å². The van der Waals surface area contributed by atoms with Gasteiger partial charge < -0.3 is 9.64 Å². The Morgan fingerprint density at radius 3 is 2.60 bits per heavy atom. The molecular weight excluding hydrogens is 332 g/mol. The first-order valence-corrected chi connectivity index (χ1v) is 10.5. The van der Waals surface area contributed by atoms with Crippen molar-refractivity contribution in [1.29, 1.82) is 0 Å². The van der Waals surface area contributed by atoms with Crippen molar-refractivity contribution in [2.24, 2.45) is 11.3 Å². The van der Waals surface area contributed by atoms with Crippen molar-refractivity contribution in [3.05, 3.63) is 22.4 Å². The average molecular weight is 363 g/mol. The zero-order valence-electron chi connectivity index (χ0n) is 15.5. The van der Waals surface area contributed by atoms with Crippen molar-refractivity contribution in [3.63, 3.8) is 0 Å². The van der Waals surface area contributed by atoms with Crippen molar-refractivity contribution in [2.45, 2.75) is 44.1 Å². The molecule has 0 aromatic carbocycles.